The number of unbranched alkanes of at least 4 members (excludes halogenated alkanes) is 2. The first-order valence-electron chi connectivity index (χ1n) is 4.86. The van der Waals surface area contributed by atoms with Crippen molar-refractivity contribution in [2.24, 2.45) is 5.73 Å². The molecule has 0 saturated carbocycles. The Morgan fingerprint density at radius 2 is 1.69 bits per heavy atom. The van der Waals surface area contributed by atoms with Crippen LogP contribution in [-0.4, -0.2) is 30.5 Å². The van der Waals surface area contributed by atoms with E-state index < -0.39 is 7.32 Å². The summed E-state index contributed by atoms with van der Waals surface area (Å²) in [4.78, 5) is 0. The molecule has 0 heterocycles. The molecule has 80 valence electrons. The number of nitrogens with two attached hydrogens (primary N) is 1. The summed E-state index contributed by atoms with van der Waals surface area (Å²) in [6.45, 7) is 5.41. The van der Waals surface area contributed by atoms with Crippen LogP contribution in [0, 0.1) is 0 Å². The highest BCUT2D eigenvalue weighted by atomic mass is 16.6. The summed E-state index contributed by atoms with van der Waals surface area (Å²) >= 11 is 0. The molecule has 0 amide bonds. The van der Waals surface area contributed by atoms with Gasteiger partial charge in [0.05, 0.1) is 0 Å². The predicted molar refractivity (Wildman–Crippen MR) is 55.0 cm³/mol. The molecule has 0 aromatic rings. The summed E-state index contributed by atoms with van der Waals surface area (Å²) in [7, 11) is -1.60. The first-order valence-corrected chi connectivity index (χ1v) is 4.86. The quantitative estimate of drug-likeness (QED) is 0.422. The summed E-state index contributed by atoms with van der Waals surface area (Å²) < 4.78 is 4.39. The summed E-state index contributed by atoms with van der Waals surface area (Å²) in [6.07, 6.45) is 4.26. The van der Waals surface area contributed by atoms with E-state index in [-0.39, 0.29) is 0 Å². The van der Waals surface area contributed by atoms with Gasteiger partial charge in [0.25, 0.3) is 0 Å². The molecule has 0 unspecified atom stereocenters. The van der Waals surface area contributed by atoms with E-state index in [9.17, 15) is 0 Å². The van der Waals surface area contributed by atoms with E-state index in [0.717, 1.165) is 19.4 Å². The molecule has 0 radical (unpaired) electrons. The van der Waals surface area contributed by atoms with Gasteiger partial charge in [0, 0.05) is 6.61 Å². The van der Waals surface area contributed by atoms with Gasteiger partial charge in [-0.25, -0.2) is 0 Å². The monoisotopic (exact) mass is 191 g/mol. The van der Waals surface area contributed by atoms with Crippen molar-refractivity contribution >= 4 is 7.32 Å². The molecule has 0 saturated heterocycles. The maximum Gasteiger partial charge on any atom is 0.633 e. The zero-order valence-corrected chi connectivity index (χ0v) is 8.70. The average molecular weight is 191 g/mol. The van der Waals surface area contributed by atoms with E-state index in [0.29, 0.717) is 6.61 Å². The van der Waals surface area contributed by atoms with Crippen molar-refractivity contribution in [1.82, 2.24) is 0 Å². The Balaban J connectivity index is 0. The highest BCUT2D eigenvalue weighted by Gasteiger charge is 2.05. The van der Waals surface area contributed by atoms with Gasteiger partial charge in [0.2, 0.25) is 0 Å². The number of rotatable bonds is 6. The Hall–Kier alpha value is -0.0951. The number of hydrogen-bond donors (Lipinski definition) is 3. The standard InChI is InChI=1S/C4H11BO3.C4H11N/c1-2-3-4-8-5(6)7;1-2-3-4-5/h6-7H,2-4H2,1H3;2-5H2,1H3. The molecule has 0 aromatic heterocycles. The molecule has 0 aliphatic heterocycles. The Kier molecular flexibility index (Phi) is 17.1. The van der Waals surface area contributed by atoms with Crippen LogP contribution in [0.1, 0.15) is 39.5 Å². The van der Waals surface area contributed by atoms with Crippen LogP contribution < -0.4 is 5.73 Å². The summed E-state index contributed by atoms with van der Waals surface area (Å²) in [5.74, 6) is 0. The molecule has 4 nitrogen and oxygen atoms in total. The van der Waals surface area contributed by atoms with Crippen molar-refractivity contribution in [1.29, 1.82) is 0 Å². The molecule has 0 atom stereocenters. The molecule has 0 spiro atoms. The molecular weight excluding hydrogens is 169 g/mol. The Labute approximate surface area is 81.3 Å². The molecule has 0 aliphatic carbocycles. The van der Waals surface area contributed by atoms with E-state index in [4.69, 9.17) is 15.8 Å². The van der Waals surface area contributed by atoms with Gasteiger partial charge in [-0.2, -0.15) is 0 Å². The van der Waals surface area contributed by atoms with Crippen molar-refractivity contribution in [3.63, 3.8) is 0 Å². The van der Waals surface area contributed by atoms with Crippen molar-refractivity contribution in [2.75, 3.05) is 13.2 Å². The van der Waals surface area contributed by atoms with Gasteiger partial charge in [0.1, 0.15) is 0 Å². The minimum Gasteiger partial charge on any atom is -0.402 e. The molecule has 0 bridgehead atoms. The second-order valence-corrected chi connectivity index (χ2v) is 2.69. The third-order valence-electron chi connectivity index (χ3n) is 1.32. The van der Waals surface area contributed by atoms with Gasteiger partial charge < -0.3 is 20.4 Å². The second kappa shape index (κ2) is 14.4. The van der Waals surface area contributed by atoms with E-state index >= 15 is 0 Å². The zero-order valence-electron chi connectivity index (χ0n) is 8.70. The fourth-order valence-electron chi connectivity index (χ4n) is 0.537. The Bertz CT molecular complexity index is 81.8. The highest BCUT2D eigenvalue weighted by molar-refractivity contribution is 6.32. The Morgan fingerprint density at radius 3 is 1.92 bits per heavy atom. The second-order valence-electron chi connectivity index (χ2n) is 2.69. The van der Waals surface area contributed by atoms with Crippen LogP contribution in [0.25, 0.3) is 0 Å². The van der Waals surface area contributed by atoms with E-state index in [2.05, 4.69) is 11.6 Å². The summed E-state index contributed by atoms with van der Waals surface area (Å²) in [6, 6.07) is 0. The maximum atomic E-state index is 8.11. The fraction of sp³-hybridized carbons (Fsp3) is 1.00. The summed E-state index contributed by atoms with van der Waals surface area (Å²) in [5.41, 5.74) is 5.14. The van der Waals surface area contributed by atoms with Crippen molar-refractivity contribution in [3.05, 3.63) is 0 Å². The van der Waals surface area contributed by atoms with Crippen molar-refractivity contribution in [3.8, 4) is 0 Å². The average Bonchev–Trinajstić information content (AvgIpc) is 2.07. The first kappa shape index (κ1) is 15.4. The van der Waals surface area contributed by atoms with Crippen LogP contribution in [0.3, 0.4) is 0 Å². The van der Waals surface area contributed by atoms with Crippen LogP contribution in [0.15, 0.2) is 0 Å². The smallest absolute Gasteiger partial charge is 0.402 e. The molecule has 0 rings (SSSR count). The summed E-state index contributed by atoms with van der Waals surface area (Å²) in [5, 5.41) is 16.2. The van der Waals surface area contributed by atoms with Gasteiger partial charge in [-0.3, -0.25) is 0 Å². The minimum absolute atomic E-state index is 0.425. The zero-order chi connectivity index (χ0) is 10.5. The van der Waals surface area contributed by atoms with Gasteiger partial charge in [0.15, 0.2) is 0 Å². The molecule has 0 aliphatic rings. The van der Waals surface area contributed by atoms with E-state index in [1.807, 2.05) is 6.92 Å². The minimum atomic E-state index is -1.60. The van der Waals surface area contributed by atoms with Crippen LogP contribution in [0.5, 0.6) is 0 Å². The number of hydrogen-bond acceptors (Lipinski definition) is 4. The molecule has 0 fully saturated rings. The predicted octanol–water partition coefficient (Wildman–Crippen LogP) is 0.518. The highest BCUT2D eigenvalue weighted by Crippen LogP contribution is 1.86. The lowest BCUT2D eigenvalue weighted by atomic mass is 10.2. The van der Waals surface area contributed by atoms with E-state index in [1.165, 1.54) is 12.8 Å². The van der Waals surface area contributed by atoms with Crippen LogP contribution >= 0.6 is 0 Å². The first-order chi connectivity index (χ1) is 6.18. The SMILES string of the molecule is CCCCN.CCCCOB(O)O. The maximum absolute atomic E-state index is 8.11. The van der Waals surface area contributed by atoms with Crippen LogP contribution in [0.4, 0.5) is 0 Å². The van der Waals surface area contributed by atoms with Crippen molar-refractivity contribution < 1.29 is 14.7 Å². The van der Waals surface area contributed by atoms with Gasteiger partial charge >= 0.3 is 7.32 Å². The molecule has 5 heteroatoms. The van der Waals surface area contributed by atoms with Gasteiger partial charge in [-0.15, -0.1) is 0 Å². The van der Waals surface area contributed by atoms with Crippen LogP contribution in [0.2, 0.25) is 0 Å². The largest absolute Gasteiger partial charge is 0.633 e. The molecular formula is C8H22BNO3. The van der Waals surface area contributed by atoms with Gasteiger partial charge in [-0.1, -0.05) is 26.7 Å². The molecule has 0 aromatic carbocycles. The third kappa shape index (κ3) is 24.5. The topological polar surface area (TPSA) is 75.7 Å². The lowest BCUT2D eigenvalue weighted by Gasteiger charge is -1.97. The van der Waals surface area contributed by atoms with Crippen molar-refractivity contribution in [2.45, 2.75) is 39.5 Å². The lowest BCUT2D eigenvalue weighted by molar-refractivity contribution is 0.183. The van der Waals surface area contributed by atoms with Crippen LogP contribution in [-0.2, 0) is 4.65 Å². The lowest BCUT2D eigenvalue weighted by Crippen LogP contribution is -2.17. The van der Waals surface area contributed by atoms with E-state index in [1.54, 1.807) is 0 Å². The van der Waals surface area contributed by atoms with Gasteiger partial charge in [-0.05, 0) is 19.4 Å². The fourth-order valence-corrected chi connectivity index (χ4v) is 0.537. The molecule has 4 N–H and O–H groups in total. The Morgan fingerprint density at radius 1 is 1.15 bits per heavy atom. The third-order valence-corrected chi connectivity index (χ3v) is 1.32. The molecule has 13 heavy (non-hydrogen) atoms. The normalized spacial score (nSPS) is 9.00.